The third-order valence-corrected chi connectivity index (χ3v) is 7.43. The van der Waals surface area contributed by atoms with Crippen LogP contribution in [0.2, 0.25) is 0 Å². The highest BCUT2D eigenvalue weighted by Crippen LogP contribution is 2.66. The van der Waals surface area contributed by atoms with Crippen molar-refractivity contribution < 1.29 is 18.3 Å². The van der Waals surface area contributed by atoms with Gasteiger partial charge in [-0.3, -0.25) is 0 Å². The number of nitrogen functional groups attached to an aromatic ring is 1. The second-order valence-corrected chi connectivity index (χ2v) is 9.90. The molecule has 0 spiro atoms. The Morgan fingerprint density at radius 2 is 1.94 bits per heavy atom. The van der Waals surface area contributed by atoms with Gasteiger partial charge in [-0.15, -0.1) is 0 Å². The summed E-state index contributed by atoms with van der Waals surface area (Å²) in [5, 5.41) is 10.7. The van der Waals surface area contributed by atoms with Crippen LogP contribution in [0.5, 0.6) is 0 Å². The first-order chi connectivity index (χ1) is 14.7. The molecule has 4 fully saturated rings. The van der Waals surface area contributed by atoms with Crippen molar-refractivity contribution in [3.63, 3.8) is 0 Å². The Morgan fingerprint density at radius 1 is 1.19 bits per heavy atom. The lowest BCUT2D eigenvalue weighted by Crippen LogP contribution is -2.51. The fourth-order valence-corrected chi connectivity index (χ4v) is 5.37. The maximum atomic E-state index is 13.2. The second-order valence-electron chi connectivity index (χ2n) is 9.90. The quantitative estimate of drug-likeness (QED) is 0.522. The van der Waals surface area contributed by atoms with Crippen molar-refractivity contribution in [1.82, 2.24) is 14.5 Å². The van der Waals surface area contributed by atoms with E-state index in [2.05, 4.69) is 9.97 Å². The molecule has 6 rings (SSSR count). The van der Waals surface area contributed by atoms with Crippen molar-refractivity contribution >= 4 is 5.82 Å². The van der Waals surface area contributed by atoms with Crippen LogP contribution in [0, 0.1) is 17.3 Å². The number of nitrogens with zero attached hydrogens (tertiary/aromatic N) is 3. The summed E-state index contributed by atoms with van der Waals surface area (Å²) in [4.78, 5) is 8.25. The molecule has 168 valence electrons. The van der Waals surface area contributed by atoms with Crippen LogP contribution in [-0.2, 0) is 12.7 Å². The van der Waals surface area contributed by atoms with E-state index < -0.39 is 23.7 Å². The number of aliphatic hydroxyl groups is 1. The first kappa shape index (κ1) is 20.8. The van der Waals surface area contributed by atoms with Crippen molar-refractivity contribution in [1.29, 1.82) is 0 Å². The molecule has 31 heavy (non-hydrogen) atoms. The van der Waals surface area contributed by atoms with Gasteiger partial charge in [-0.1, -0.05) is 12.8 Å². The molecule has 2 aromatic heterocycles. The van der Waals surface area contributed by atoms with E-state index in [0.717, 1.165) is 37.7 Å². The molecule has 0 saturated heterocycles. The van der Waals surface area contributed by atoms with E-state index in [4.69, 9.17) is 5.73 Å². The van der Waals surface area contributed by atoms with Crippen LogP contribution >= 0.6 is 0 Å². The molecule has 2 heterocycles. The van der Waals surface area contributed by atoms with Gasteiger partial charge in [0.1, 0.15) is 17.7 Å². The van der Waals surface area contributed by atoms with Gasteiger partial charge in [0.25, 0.3) is 0 Å². The average Bonchev–Trinajstić information content (AvgIpc) is 3.41. The lowest BCUT2D eigenvalue weighted by Gasteiger charge is -2.62. The zero-order chi connectivity index (χ0) is 21.8. The molecule has 4 aliphatic rings. The minimum absolute atomic E-state index is 0.188. The number of pyridine rings is 1. The Morgan fingerprint density at radius 3 is 2.55 bits per heavy atom. The standard InChI is InChI=1S/C23H29F3N4O/c24-23(25,26)17-8-16(12-28-20(17)27)18-13-30(21(29-18)19(31)15-4-5-15)7-3-1-2-6-22-9-14(10-22)11-22/h8,12-15,19,31H,1-7,9-11H2,(H2,27,28). The monoisotopic (exact) mass is 434 g/mol. The SMILES string of the molecule is Nc1ncc(-c2cn(CCCCCC34CC(C3)C4)c(C(O)C3CC3)n2)cc1C(F)(F)F. The van der Waals surface area contributed by atoms with Crippen LogP contribution in [0.15, 0.2) is 18.5 Å². The molecule has 0 amide bonds. The van der Waals surface area contributed by atoms with Crippen LogP contribution in [0.25, 0.3) is 11.3 Å². The Hall–Kier alpha value is -2.09. The van der Waals surface area contributed by atoms with Gasteiger partial charge < -0.3 is 15.4 Å². The van der Waals surface area contributed by atoms with E-state index in [1.807, 2.05) is 4.57 Å². The molecule has 2 bridgehead atoms. The lowest BCUT2D eigenvalue weighted by atomic mass is 9.43. The van der Waals surface area contributed by atoms with Gasteiger partial charge in [-0.05, 0) is 68.3 Å². The van der Waals surface area contributed by atoms with Crippen LogP contribution in [0.4, 0.5) is 19.0 Å². The summed E-state index contributed by atoms with van der Waals surface area (Å²) in [6, 6.07) is 0.992. The number of aromatic nitrogens is 3. The largest absolute Gasteiger partial charge is 0.419 e. The second kappa shape index (κ2) is 7.50. The Bertz CT molecular complexity index is 949. The van der Waals surface area contributed by atoms with Crippen LogP contribution in [-0.4, -0.2) is 19.6 Å². The van der Waals surface area contributed by atoms with E-state index in [0.29, 0.717) is 23.5 Å². The van der Waals surface area contributed by atoms with Gasteiger partial charge in [0, 0.05) is 24.5 Å². The number of unbranched alkanes of at least 4 members (excludes halogenated alkanes) is 2. The summed E-state index contributed by atoms with van der Waals surface area (Å²) in [6.45, 7) is 0.705. The Kier molecular flexibility index (Phi) is 5.03. The average molecular weight is 435 g/mol. The topological polar surface area (TPSA) is 77.0 Å². The molecule has 4 aliphatic carbocycles. The highest BCUT2D eigenvalue weighted by atomic mass is 19.4. The first-order valence-corrected chi connectivity index (χ1v) is 11.3. The molecular formula is C23H29F3N4O. The lowest BCUT2D eigenvalue weighted by molar-refractivity contribution is -0.137. The van der Waals surface area contributed by atoms with Gasteiger partial charge in [-0.25, -0.2) is 9.97 Å². The number of hydrogen-bond donors (Lipinski definition) is 2. The summed E-state index contributed by atoms with van der Waals surface area (Å²) in [5.74, 6) is 1.20. The molecule has 8 heteroatoms. The molecule has 4 saturated carbocycles. The summed E-state index contributed by atoms with van der Waals surface area (Å²) >= 11 is 0. The zero-order valence-corrected chi connectivity index (χ0v) is 17.5. The van der Waals surface area contributed by atoms with E-state index in [1.54, 1.807) is 6.20 Å². The van der Waals surface area contributed by atoms with Gasteiger partial charge in [0.15, 0.2) is 0 Å². The highest BCUT2D eigenvalue weighted by Gasteiger charge is 2.55. The van der Waals surface area contributed by atoms with Crippen LogP contribution < -0.4 is 5.73 Å². The smallest absolute Gasteiger partial charge is 0.385 e. The zero-order valence-electron chi connectivity index (χ0n) is 17.5. The van der Waals surface area contributed by atoms with E-state index in [9.17, 15) is 18.3 Å². The summed E-state index contributed by atoms with van der Waals surface area (Å²) in [5.41, 5.74) is 5.78. The fraction of sp³-hybridized carbons (Fsp3) is 0.652. The number of aryl methyl sites for hydroxylation is 1. The minimum Gasteiger partial charge on any atom is -0.385 e. The molecule has 1 unspecified atom stereocenters. The molecule has 5 nitrogen and oxygen atoms in total. The third kappa shape index (κ3) is 4.06. The molecular weight excluding hydrogens is 405 g/mol. The third-order valence-electron chi connectivity index (χ3n) is 7.43. The highest BCUT2D eigenvalue weighted by molar-refractivity contribution is 5.62. The van der Waals surface area contributed by atoms with Crippen molar-refractivity contribution in [2.45, 2.75) is 76.6 Å². The molecule has 0 aliphatic heterocycles. The fourth-order valence-electron chi connectivity index (χ4n) is 5.37. The van der Waals surface area contributed by atoms with E-state index in [-0.39, 0.29) is 11.5 Å². The minimum atomic E-state index is -4.58. The number of aliphatic hydroxyl groups excluding tert-OH is 1. The van der Waals surface area contributed by atoms with Crippen molar-refractivity contribution in [3.8, 4) is 11.3 Å². The number of anilines is 1. The number of alkyl halides is 3. The number of halogens is 3. The summed E-state index contributed by atoms with van der Waals surface area (Å²) in [6.07, 6.45) is 8.57. The normalized spacial score (nSPS) is 25.7. The van der Waals surface area contributed by atoms with Gasteiger partial charge in [0.05, 0.1) is 11.3 Å². The van der Waals surface area contributed by atoms with Gasteiger partial charge >= 0.3 is 6.18 Å². The number of imidazole rings is 1. The van der Waals surface area contributed by atoms with Crippen molar-refractivity contribution in [3.05, 3.63) is 29.8 Å². The molecule has 0 aromatic carbocycles. The number of rotatable bonds is 9. The van der Waals surface area contributed by atoms with Gasteiger partial charge in [0.2, 0.25) is 0 Å². The van der Waals surface area contributed by atoms with Gasteiger partial charge in [-0.2, -0.15) is 13.2 Å². The van der Waals surface area contributed by atoms with Crippen molar-refractivity contribution in [2.75, 3.05) is 5.73 Å². The predicted octanol–water partition coefficient (Wildman–Crippen LogP) is 5.35. The molecule has 3 N–H and O–H groups in total. The van der Waals surface area contributed by atoms with Crippen LogP contribution in [0.3, 0.4) is 0 Å². The molecule has 2 aromatic rings. The summed E-state index contributed by atoms with van der Waals surface area (Å²) < 4.78 is 41.6. The van der Waals surface area contributed by atoms with Crippen molar-refractivity contribution in [2.24, 2.45) is 17.3 Å². The number of nitrogens with two attached hydrogens (primary N) is 1. The molecule has 1 atom stereocenters. The summed E-state index contributed by atoms with van der Waals surface area (Å²) in [7, 11) is 0. The maximum Gasteiger partial charge on any atom is 0.419 e. The molecule has 0 radical (unpaired) electrons. The van der Waals surface area contributed by atoms with E-state index in [1.165, 1.54) is 38.3 Å². The van der Waals surface area contributed by atoms with E-state index >= 15 is 0 Å². The Balaban J connectivity index is 1.30. The maximum absolute atomic E-state index is 13.2. The predicted molar refractivity (Wildman–Crippen MR) is 111 cm³/mol. The number of hydrogen-bond acceptors (Lipinski definition) is 4. The van der Waals surface area contributed by atoms with Crippen LogP contribution in [0.1, 0.15) is 75.3 Å². The first-order valence-electron chi connectivity index (χ1n) is 11.3. The Labute approximate surface area is 179 Å².